The Morgan fingerprint density at radius 3 is 2.82 bits per heavy atom. The van der Waals surface area contributed by atoms with Crippen LogP contribution in [0.15, 0.2) is 17.4 Å². The van der Waals surface area contributed by atoms with E-state index in [1.54, 1.807) is 0 Å². The summed E-state index contributed by atoms with van der Waals surface area (Å²) in [5.41, 5.74) is 8.04. The number of rotatable bonds is 1. The summed E-state index contributed by atoms with van der Waals surface area (Å²) in [5.74, 6) is 0.138. The number of azide groups is 1. The number of hydrogen-bond acceptors (Lipinski definition) is 2. The molecule has 6 heteroatoms. The van der Waals surface area contributed by atoms with E-state index in [0.717, 1.165) is 0 Å². The van der Waals surface area contributed by atoms with Crippen LogP contribution in [0.3, 0.4) is 0 Å². The number of pyridine rings is 1. The fourth-order valence-corrected chi connectivity index (χ4v) is 0.941. The number of halogens is 2. The third-order valence-corrected chi connectivity index (χ3v) is 1.41. The summed E-state index contributed by atoms with van der Waals surface area (Å²) >= 11 is 11.1. The van der Waals surface area contributed by atoms with Crippen LogP contribution in [0.25, 0.3) is 10.4 Å². The number of aromatic nitrogens is 1. The Balaban J connectivity index is 3.19. The standard InChI is InChI=1S/C5H2Cl2N4/c6-3-1-4(7)5(9-2-3)10-11-8/h1-2H. The molecule has 0 fully saturated rings. The summed E-state index contributed by atoms with van der Waals surface area (Å²) in [6.07, 6.45) is 1.36. The van der Waals surface area contributed by atoms with Crippen molar-refractivity contribution < 1.29 is 0 Å². The van der Waals surface area contributed by atoms with Gasteiger partial charge in [-0.25, -0.2) is 0 Å². The second kappa shape index (κ2) is 3.44. The highest BCUT2D eigenvalue weighted by Crippen LogP contribution is 2.24. The molecule has 1 rings (SSSR count). The van der Waals surface area contributed by atoms with Crippen LogP contribution in [0, 0.1) is 0 Å². The first-order valence-corrected chi connectivity index (χ1v) is 3.36. The van der Waals surface area contributed by atoms with E-state index in [2.05, 4.69) is 15.0 Å². The lowest BCUT2D eigenvalue weighted by molar-refractivity contribution is 1.26. The van der Waals surface area contributed by atoms with E-state index in [0.29, 0.717) is 5.02 Å². The molecule has 11 heavy (non-hydrogen) atoms. The summed E-state index contributed by atoms with van der Waals surface area (Å²) in [6.45, 7) is 0. The van der Waals surface area contributed by atoms with Crippen molar-refractivity contribution in [2.45, 2.75) is 0 Å². The Morgan fingerprint density at radius 1 is 1.55 bits per heavy atom. The molecule has 0 amide bonds. The fourth-order valence-electron chi connectivity index (χ4n) is 0.523. The Kier molecular flexibility index (Phi) is 2.54. The maximum atomic E-state index is 8.04. The van der Waals surface area contributed by atoms with Crippen molar-refractivity contribution in [3.8, 4) is 0 Å². The molecule has 1 aromatic rings. The predicted molar refractivity (Wildman–Crippen MR) is 43.1 cm³/mol. The molecule has 0 bridgehead atoms. The van der Waals surface area contributed by atoms with Gasteiger partial charge in [0.05, 0.1) is 10.0 Å². The van der Waals surface area contributed by atoms with E-state index >= 15 is 0 Å². The van der Waals surface area contributed by atoms with E-state index in [4.69, 9.17) is 28.7 Å². The molecule has 0 aliphatic heterocycles. The van der Waals surface area contributed by atoms with Gasteiger partial charge in [-0.15, -0.1) is 0 Å². The zero-order valence-corrected chi connectivity index (χ0v) is 6.71. The molecule has 0 unspecified atom stereocenters. The molecule has 1 heterocycles. The summed E-state index contributed by atoms with van der Waals surface area (Å²) < 4.78 is 0. The Morgan fingerprint density at radius 2 is 2.27 bits per heavy atom. The van der Waals surface area contributed by atoms with Crippen LogP contribution in [0.1, 0.15) is 0 Å². The maximum absolute atomic E-state index is 8.04. The molecular weight excluding hydrogens is 187 g/mol. The van der Waals surface area contributed by atoms with E-state index in [1.807, 2.05) is 0 Å². The first-order chi connectivity index (χ1) is 5.24. The summed E-state index contributed by atoms with van der Waals surface area (Å²) in [6, 6.07) is 1.46. The quantitative estimate of drug-likeness (QED) is 0.379. The highest BCUT2D eigenvalue weighted by atomic mass is 35.5. The molecule has 0 spiro atoms. The third kappa shape index (κ3) is 1.98. The molecule has 56 valence electrons. The number of hydrogen-bond donors (Lipinski definition) is 0. The summed E-state index contributed by atoms with van der Waals surface area (Å²) in [4.78, 5) is 6.21. The lowest BCUT2D eigenvalue weighted by atomic mass is 10.5. The largest absolute Gasteiger partial charge is 0.251 e. The van der Waals surface area contributed by atoms with Crippen LogP contribution < -0.4 is 0 Å². The Labute approximate surface area is 72.4 Å². The van der Waals surface area contributed by atoms with Gasteiger partial charge in [-0.05, 0) is 16.7 Å². The van der Waals surface area contributed by atoms with Gasteiger partial charge in [-0.2, -0.15) is 0 Å². The van der Waals surface area contributed by atoms with Gasteiger partial charge < -0.3 is 0 Å². The van der Waals surface area contributed by atoms with Crippen molar-refractivity contribution >= 4 is 29.0 Å². The van der Waals surface area contributed by atoms with E-state index in [-0.39, 0.29) is 10.8 Å². The lowest BCUT2D eigenvalue weighted by Gasteiger charge is -1.93. The molecular formula is C5H2Cl2N4. The topological polar surface area (TPSA) is 61.7 Å². The van der Waals surface area contributed by atoms with Crippen LogP contribution in [0.2, 0.25) is 10.0 Å². The van der Waals surface area contributed by atoms with Gasteiger partial charge in [0.25, 0.3) is 0 Å². The highest BCUT2D eigenvalue weighted by molar-refractivity contribution is 6.35. The summed E-state index contributed by atoms with van der Waals surface area (Å²) in [7, 11) is 0. The first kappa shape index (κ1) is 8.14. The van der Waals surface area contributed by atoms with Crippen LogP contribution in [0.4, 0.5) is 5.82 Å². The van der Waals surface area contributed by atoms with E-state index in [1.165, 1.54) is 12.3 Å². The zero-order chi connectivity index (χ0) is 8.27. The molecule has 0 saturated heterocycles. The Hall–Kier alpha value is -0.960. The van der Waals surface area contributed by atoms with Crippen molar-refractivity contribution in [2.75, 3.05) is 0 Å². The molecule has 0 radical (unpaired) electrons. The van der Waals surface area contributed by atoms with Crippen LogP contribution >= 0.6 is 23.2 Å². The second-order valence-corrected chi connectivity index (χ2v) is 2.49. The SMILES string of the molecule is [N-]=[N+]=Nc1ncc(Cl)cc1Cl. The lowest BCUT2D eigenvalue weighted by Crippen LogP contribution is -1.73. The molecule has 0 aliphatic carbocycles. The van der Waals surface area contributed by atoms with Crippen molar-refractivity contribution in [3.05, 3.63) is 32.8 Å². The average Bonchev–Trinajstić information content (AvgIpc) is 1.95. The van der Waals surface area contributed by atoms with Crippen molar-refractivity contribution in [3.63, 3.8) is 0 Å². The van der Waals surface area contributed by atoms with Gasteiger partial charge >= 0.3 is 0 Å². The minimum absolute atomic E-state index is 0.138. The van der Waals surface area contributed by atoms with Gasteiger partial charge in [-0.1, -0.05) is 23.2 Å². The molecule has 0 saturated carbocycles. The molecule has 0 N–H and O–H groups in total. The Bertz CT molecular complexity index is 318. The maximum Gasteiger partial charge on any atom is 0.145 e. The van der Waals surface area contributed by atoms with Crippen molar-refractivity contribution in [1.82, 2.24) is 4.98 Å². The van der Waals surface area contributed by atoms with Gasteiger partial charge in [0.1, 0.15) is 5.82 Å². The molecule has 1 aromatic heterocycles. The normalized spacial score (nSPS) is 8.91. The second-order valence-electron chi connectivity index (χ2n) is 1.65. The van der Waals surface area contributed by atoms with E-state index < -0.39 is 0 Å². The zero-order valence-electron chi connectivity index (χ0n) is 5.20. The molecule has 0 aromatic carbocycles. The van der Waals surface area contributed by atoms with E-state index in [9.17, 15) is 0 Å². The van der Waals surface area contributed by atoms with Crippen molar-refractivity contribution in [2.24, 2.45) is 5.11 Å². The summed E-state index contributed by atoms with van der Waals surface area (Å²) in [5, 5.41) is 3.88. The van der Waals surface area contributed by atoms with Crippen LogP contribution in [0.5, 0.6) is 0 Å². The fraction of sp³-hybridized carbons (Fsp3) is 0. The molecule has 0 aliphatic rings. The third-order valence-electron chi connectivity index (χ3n) is 0.928. The highest BCUT2D eigenvalue weighted by Gasteiger charge is 1.98. The smallest absolute Gasteiger partial charge is 0.145 e. The number of nitrogens with zero attached hydrogens (tertiary/aromatic N) is 4. The van der Waals surface area contributed by atoms with Crippen LogP contribution in [-0.2, 0) is 0 Å². The average molecular weight is 189 g/mol. The van der Waals surface area contributed by atoms with Crippen molar-refractivity contribution in [1.29, 1.82) is 0 Å². The minimum atomic E-state index is 0.138. The van der Waals surface area contributed by atoms with Gasteiger partial charge in [0, 0.05) is 11.1 Å². The van der Waals surface area contributed by atoms with Gasteiger partial charge in [0.2, 0.25) is 0 Å². The minimum Gasteiger partial charge on any atom is -0.251 e. The molecule has 4 nitrogen and oxygen atoms in total. The van der Waals surface area contributed by atoms with Crippen LogP contribution in [-0.4, -0.2) is 4.98 Å². The van der Waals surface area contributed by atoms with Gasteiger partial charge in [-0.3, -0.25) is 4.98 Å². The molecule has 0 atom stereocenters. The monoisotopic (exact) mass is 188 g/mol. The first-order valence-electron chi connectivity index (χ1n) is 2.60. The predicted octanol–water partition coefficient (Wildman–Crippen LogP) is 3.33. The van der Waals surface area contributed by atoms with Gasteiger partial charge in [0.15, 0.2) is 0 Å².